The number of nitrogens with one attached hydrogen (secondary N) is 1. The van der Waals surface area contributed by atoms with Crippen molar-refractivity contribution in [2.45, 2.75) is 26.4 Å². The molecular weight excluding hydrogens is 248 g/mol. The normalized spacial score (nSPS) is 12.4. The molecule has 0 amide bonds. The highest BCUT2D eigenvalue weighted by molar-refractivity contribution is 5.19. The minimum absolute atomic E-state index is 0.0867. The number of aryl methyl sites for hydroxylation is 1. The Labute approximate surface area is 110 Å². The van der Waals surface area contributed by atoms with Gasteiger partial charge in [0.1, 0.15) is 11.6 Å². The van der Waals surface area contributed by atoms with Gasteiger partial charge in [-0.2, -0.15) is 0 Å². The van der Waals surface area contributed by atoms with Gasteiger partial charge in [0.05, 0.1) is 11.4 Å². The van der Waals surface area contributed by atoms with Crippen LogP contribution in [0.15, 0.2) is 30.6 Å². The summed E-state index contributed by atoms with van der Waals surface area (Å²) < 4.78 is 26.5. The fraction of sp³-hybridized carbons (Fsp3) is 0.286. The second kappa shape index (κ2) is 5.84. The van der Waals surface area contributed by atoms with Crippen LogP contribution in [0.1, 0.15) is 29.9 Å². The van der Waals surface area contributed by atoms with E-state index >= 15 is 0 Å². The standard InChI is InChI=1S/C14H15F2N3/c1-9-14(18-6-5-17-9)10(2)19-8-11-7-12(15)3-4-13(11)16/h3-7,10,19H,8H2,1-2H3. The van der Waals surface area contributed by atoms with Crippen molar-refractivity contribution in [2.24, 2.45) is 0 Å². The molecule has 0 aliphatic carbocycles. The van der Waals surface area contributed by atoms with Crippen molar-refractivity contribution in [2.75, 3.05) is 0 Å². The molecule has 1 unspecified atom stereocenters. The van der Waals surface area contributed by atoms with E-state index in [2.05, 4.69) is 15.3 Å². The second-order valence-corrected chi connectivity index (χ2v) is 4.37. The average Bonchev–Trinajstić information content (AvgIpc) is 2.40. The minimum Gasteiger partial charge on any atom is -0.305 e. The smallest absolute Gasteiger partial charge is 0.127 e. The molecule has 100 valence electrons. The van der Waals surface area contributed by atoms with E-state index < -0.39 is 11.6 Å². The molecule has 0 bridgehead atoms. The maximum Gasteiger partial charge on any atom is 0.127 e. The van der Waals surface area contributed by atoms with Crippen molar-refractivity contribution < 1.29 is 8.78 Å². The number of hydrogen-bond donors (Lipinski definition) is 1. The molecule has 19 heavy (non-hydrogen) atoms. The van der Waals surface area contributed by atoms with Crippen LogP contribution in [0.4, 0.5) is 8.78 Å². The summed E-state index contributed by atoms with van der Waals surface area (Å²) in [6.45, 7) is 4.01. The first-order chi connectivity index (χ1) is 9.08. The topological polar surface area (TPSA) is 37.8 Å². The molecule has 1 atom stereocenters. The summed E-state index contributed by atoms with van der Waals surface area (Å²) >= 11 is 0. The van der Waals surface area contributed by atoms with Crippen molar-refractivity contribution >= 4 is 0 Å². The van der Waals surface area contributed by atoms with Gasteiger partial charge < -0.3 is 5.32 Å². The molecule has 1 N–H and O–H groups in total. The molecule has 0 spiro atoms. The van der Waals surface area contributed by atoms with E-state index in [1.807, 2.05) is 13.8 Å². The average molecular weight is 263 g/mol. The Morgan fingerprint density at radius 1 is 1.21 bits per heavy atom. The molecule has 5 heteroatoms. The Kier molecular flexibility index (Phi) is 4.16. The summed E-state index contributed by atoms with van der Waals surface area (Å²) in [6.07, 6.45) is 3.24. The fourth-order valence-corrected chi connectivity index (χ4v) is 1.88. The Morgan fingerprint density at radius 3 is 2.68 bits per heavy atom. The lowest BCUT2D eigenvalue weighted by Crippen LogP contribution is -2.21. The summed E-state index contributed by atoms with van der Waals surface area (Å²) in [4.78, 5) is 8.39. The Bertz CT molecular complexity index is 572. The third-order valence-electron chi connectivity index (χ3n) is 2.94. The van der Waals surface area contributed by atoms with Crippen LogP contribution in [0.5, 0.6) is 0 Å². The second-order valence-electron chi connectivity index (χ2n) is 4.37. The van der Waals surface area contributed by atoms with Crippen molar-refractivity contribution in [3.8, 4) is 0 Å². The van der Waals surface area contributed by atoms with Crippen LogP contribution in [-0.4, -0.2) is 9.97 Å². The predicted octanol–water partition coefficient (Wildman–Crippen LogP) is 2.91. The van der Waals surface area contributed by atoms with E-state index in [0.717, 1.165) is 23.5 Å². The van der Waals surface area contributed by atoms with E-state index in [-0.39, 0.29) is 12.6 Å². The quantitative estimate of drug-likeness (QED) is 0.921. The highest BCUT2D eigenvalue weighted by Crippen LogP contribution is 2.14. The first kappa shape index (κ1) is 13.5. The van der Waals surface area contributed by atoms with E-state index in [1.165, 1.54) is 6.07 Å². The molecule has 1 heterocycles. The van der Waals surface area contributed by atoms with Gasteiger partial charge in [0.2, 0.25) is 0 Å². The van der Waals surface area contributed by atoms with Crippen LogP contribution in [0.3, 0.4) is 0 Å². The monoisotopic (exact) mass is 263 g/mol. The largest absolute Gasteiger partial charge is 0.305 e. The molecule has 1 aromatic heterocycles. The highest BCUT2D eigenvalue weighted by Gasteiger charge is 2.11. The third kappa shape index (κ3) is 3.32. The van der Waals surface area contributed by atoms with Crippen LogP contribution >= 0.6 is 0 Å². The maximum atomic E-state index is 13.5. The predicted molar refractivity (Wildman–Crippen MR) is 68.4 cm³/mol. The molecule has 2 aromatic rings. The van der Waals surface area contributed by atoms with Crippen molar-refractivity contribution in [3.05, 3.63) is 59.2 Å². The fourth-order valence-electron chi connectivity index (χ4n) is 1.88. The zero-order chi connectivity index (χ0) is 13.8. The molecule has 0 saturated carbocycles. The maximum absolute atomic E-state index is 13.5. The van der Waals surface area contributed by atoms with Crippen molar-refractivity contribution in [1.29, 1.82) is 0 Å². The van der Waals surface area contributed by atoms with Gasteiger partial charge in [-0.25, -0.2) is 8.78 Å². The minimum atomic E-state index is -0.443. The van der Waals surface area contributed by atoms with Gasteiger partial charge in [-0.3, -0.25) is 9.97 Å². The van der Waals surface area contributed by atoms with Crippen LogP contribution in [0.25, 0.3) is 0 Å². The van der Waals surface area contributed by atoms with Gasteiger partial charge >= 0.3 is 0 Å². The Balaban J connectivity index is 2.06. The van der Waals surface area contributed by atoms with Crippen LogP contribution in [-0.2, 0) is 6.54 Å². The molecule has 0 fully saturated rings. The number of aromatic nitrogens is 2. The van der Waals surface area contributed by atoms with E-state index in [1.54, 1.807) is 12.4 Å². The zero-order valence-electron chi connectivity index (χ0n) is 10.8. The van der Waals surface area contributed by atoms with Gasteiger partial charge in [-0.05, 0) is 32.0 Å². The molecule has 3 nitrogen and oxygen atoms in total. The van der Waals surface area contributed by atoms with E-state index in [9.17, 15) is 8.78 Å². The molecule has 0 aliphatic rings. The molecule has 2 rings (SSSR count). The zero-order valence-corrected chi connectivity index (χ0v) is 10.8. The SMILES string of the molecule is Cc1nccnc1C(C)NCc1cc(F)ccc1F. The summed E-state index contributed by atoms with van der Waals surface area (Å²) in [5.41, 5.74) is 1.93. The molecule has 0 aliphatic heterocycles. The first-order valence-corrected chi connectivity index (χ1v) is 6.02. The summed E-state index contributed by atoms with van der Waals surface area (Å²) in [6, 6.07) is 3.34. The number of rotatable bonds is 4. The number of hydrogen-bond acceptors (Lipinski definition) is 3. The van der Waals surface area contributed by atoms with Crippen molar-refractivity contribution in [3.63, 3.8) is 0 Å². The van der Waals surface area contributed by atoms with Gasteiger partial charge in [-0.15, -0.1) is 0 Å². The summed E-state index contributed by atoms with van der Waals surface area (Å²) in [7, 11) is 0. The number of nitrogens with zero attached hydrogens (tertiary/aromatic N) is 2. The third-order valence-corrected chi connectivity index (χ3v) is 2.94. The number of halogens is 2. The van der Waals surface area contributed by atoms with Crippen molar-refractivity contribution in [1.82, 2.24) is 15.3 Å². The molecular formula is C14H15F2N3. The van der Waals surface area contributed by atoms with Crippen LogP contribution in [0, 0.1) is 18.6 Å². The molecule has 0 radical (unpaired) electrons. The van der Waals surface area contributed by atoms with Gasteiger partial charge in [-0.1, -0.05) is 0 Å². The Hall–Kier alpha value is -1.88. The highest BCUT2D eigenvalue weighted by atomic mass is 19.1. The molecule has 0 saturated heterocycles. The van der Waals surface area contributed by atoms with Crippen LogP contribution in [0.2, 0.25) is 0 Å². The lowest BCUT2D eigenvalue weighted by atomic mass is 10.1. The number of benzene rings is 1. The van der Waals surface area contributed by atoms with E-state index in [4.69, 9.17) is 0 Å². The van der Waals surface area contributed by atoms with E-state index in [0.29, 0.717) is 5.56 Å². The lowest BCUT2D eigenvalue weighted by molar-refractivity contribution is 0.525. The van der Waals surface area contributed by atoms with Gasteiger partial charge in [0.15, 0.2) is 0 Å². The first-order valence-electron chi connectivity index (χ1n) is 6.02. The summed E-state index contributed by atoms with van der Waals surface area (Å²) in [5, 5.41) is 3.11. The lowest BCUT2D eigenvalue weighted by Gasteiger charge is -2.15. The molecule has 1 aromatic carbocycles. The Morgan fingerprint density at radius 2 is 1.95 bits per heavy atom. The summed E-state index contributed by atoms with van der Waals surface area (Å²) in [5.74, 6) is -0.862. The van der Waals surface area contributed by atoms with Crippen LogP contribution < -0.4 is 5.32 Å². The van der Waals surface area contributed by atoms with Gasteiger partial charge in [0.25, 0.3) is 0 Å². The van der Waals surface area contributed by atoms with Gasteiger partial charge in [0, 0.05) is 30.5 Å².